The summed E-state index contributed by atoms with van der Waals surface area (Å²) in [5, 5.41) is 2.69. The van der Waals surface area contributed by atoms with Crippen molar-refractivity contribution in [3.05, 3.63) is 29.8 Å². The Morgan fingerprint density at radius 3 is 2.78 bits per heavy atom. The zero-order chi connectivity index (χ0) is 16.7. The van der Waals surface area contributed by atoms with E-state index in [0.717, 1.165) is 35.8 Å². The molecule has 0 radical (unpaired) electrons. The molecular formula is C16H20N2O3S2. The summed E-state index contributed by atoms with van der Waals surface area (Å²) in [5.41, 5.74) is 1.74. The zero-order valence-electron chi connectivity index (χ0n) is 13.0. The summed E-state index contributed by atoms with van der Waals surface area (Å²) < 4.78 is 5.69. The molecule has 0 spiro atoms. The van der Waals surface area contributed by atoms with E-state index in [1.165, 1.54) is 11.8 Å². The van der Waals surface area contributed by atoms with Gasteiger partial charge in [-0.2, -0.15) is 0 Å². The fourth-order valence-electron chi connectivity index (χ4n) is 2.22. The fraction of sp³-hybridized carbons (Fsp3) is 0.438. The number of ether oxygens (including phenoxy) is 1. The lowest BCUT2D eigenvalue weighted by Gasteiger charge is -2.17. The second-order valence-corrected chi connectivity index (χ2v) is 6.94. The van der Waals surface area contributed by atoms with E-state index in [-0.39, 0.29) is 18.3 Å². The second kappa shape index (κ2) is 8.88. The number of hydrogen-bond donors (Lipinski definition) is 1. The van der Waals surface area contributed by atoms with Gasteiger partial charge in [0.05, 0.1) is 5.75 Å². The minimum Gasteiger partial charge on any atom is -0.455 e. The molecule has 0 unspecified atom stereocenters. The number of hydrogen-bond acceptors (Lipinski definition) is 5. The van der Waals surface area contributed by atoms with Gasteiger partial charge in [-0.3, -0.25) is 9.59 Å². The summed E-state index contributed by atoms with van der Waals surface area (Å²) >= 11 is 6.56. The number of carbonyl (C=O) groups is 2. The summed E-state index contributed by atoms with van der Waals surface area (Å²) in [5.74, 6) is -0.653. The molecule has 1 aliphatic heterocycles. The molecule has 0 saturated carbocycles. The van der Waals surface area contributed by atoms with E-state index in [1.54, 1.807) is 6.07 Å². The van der Waals surface area contributed by atoms with Gasteiger partial charge in [0.25, 0.3) is 5.91 Å². The van der Waals surface area contributed by atoms with Crippen molar-refractivity contribution >= 4 is 45.9 Å². The molecule has 0 aliphatic carbocycles. The Kier molecular flexibility index (Phi) is 6.85. The van der Waals surface area contributed by atoms with Gasteiger partial charge in [-0.1, -0.05) is 36.1 Å². The molecule has 1 aliphatic rings. The first-order valence-electron chi connectivity index (χ1n) is 7.48. The highest BCUT2D eigenvalue weighted by molar-refractivity contribution is 8.23. The highest BCUT2D eigenvalue weighted by Crippen LogP contribution is 2.16. The van der Waals surface area contributed by atoms with Crippen LogP contribution in [0.4, 0.5) is 5.69 Å². The van der Waals surface area contributed by atoms with Crippen molar-refractivity contribution in [3.8, 4) is 0 Å². The van der Waals surface area contributed by atoms with Gasteiger partial charge < -0.3 is 15.0 Å². The van der Waals surface area contributed by atoms with Crippen LogP contribution in [0.1, 0.15) is 18.4 Å². The molecule has 0 aromatic heterocycles. The molecule has 1 fully saturated rings. The number of likely N-dealkylation sites (tertiary alicyclic amines) is 1. The SMILES string of the molecule is Cc1cccc(NC(=O)COC(=O)CSC(=S)N2CCCC2)c1. The molecule has 124 valence electrons. The first-order chi connectivity index (χ1) is 11.0. The molecular weight excluding hydrogens is 332 g/mol. The minimum absolute atomic E-state index is 0.132. The number of nitrogens with one attached hydrogen (secondary N) is 1. The molecule has 1 aromatic rings. The Hall–Kier alpha value is -1.60. The van der Waals surface area contributed by atoms with Crippen LogP contribution in [0, 0.1) is 6.92 Å². The average molecular weight is 352 g/mol. The predicted molar refractivity (Wildman–Crippen MR) is 96.6 cm³/mol. The zero-order valence-corrected chi connectivity index (χ0v) is 14.7. The van der Waals surface area contributed by atoms with Gasteiger partial charge >= 0.3 is 5.97 Å². The van der Waals surface area contributed by atoms with Gasteiger partial charge in [-0.25, -0.2) is 0 Å². The van der Waals surface area contributed by atoms with Crippen molar-refractivity contribution in [2.45, 2.75) is 19.8 Å². The number of amides is 1. The standard InChI is InChI=1S/C16H20N2O3S2/c1-12-5-4-6-13(9-12)17-14(19)10-21-15(20)11-23-16(22)18-7-2-3-8-18/h4-6,9H,2-3,7-8,10-11H2,1H3,(H,17,19). The Balaban J connectivity index is 1.65. The number of esters is 1. The van der Waals surface area contributed by atoms with E-state index >= 15 is 0 Å². The van der Waals surface area contributed by atoms with Gasteiger partial charge in [-0.05, 0) is 37.5 Å². The van der Waals surface area contributed by atoms with Gasteiger partial charge in [0.2, 0.25) is 0 Å². The Labute approximate surface area is 145 Å². The summed E-state index contributed by atoms with van der Waals surface area (Å²) in [6.45, 7) is 3.57. The third-order valence-electron chi connectivity index (χ3n) is 3.34. The van der Waals surface area contributed by atoms with Crippen molar-refractivity contribution in [1.82, 2.24) is 4.90 Å². The van der Waals surface area contributed by atoms with Crippen LogP contribution in [0.15, 0.2) is 24.3 Å². The van der Waals surface area contributed by atoms with Crippen LogP contribution in [0.2, 0.25) is 0 Å². The van der Waals surface area contributed by atoms with Crippen molar-refractivity contribution in [2.75, 3.05) is 30.8 Å². The highest BCUT2D eigenvalue weighted by Gasteiger charge is 2.17. The summed E-state index contributed by atoms with van der Waals surface area (Å²) in [6.07, 6.45) is 2.29. The number of thiocarbonyl (C=S) groups is 1. The molecule has 1 heterocycles. The van der Waals surface area contributed by atoms with E-state index in [1.807, 2.05) is 25.1 Å². The Morgan fingerprint density at radius 2 is 2.09 bits per heavy atom. The smallest absolute Gasteiger partial charge is 0.316 e. The molecule has 1 aromatic carbocycles. The second-order valence-electron chi connectivity index (χ2n) is 5.33. The van der Waals surface area contributed by atoms with E-state index in [2.05, 4.69) is 10.2 Å². The summed E-state index contributed by atoms with van der Waals surface area (Å²) in [6, 6.07) is 7.43. The van der Waals surface area contributed by atoms with Gasteiger partial charge in [0, 0.05) is 18.8 Å². The van der Waals surface area contributed by atoms with Crippen molar-refractivity contribution in [1.29, 1.82) is 0 Å². The molecule has 0 atom stereocenters. The first-order valence-corrected chi connectivity index (χ1v) is 8.88. The van der Waals surface area contributed by atoms with Crippen LogP contribution < -0.4 is 5.32 Å². The maximum atomic E-state index is 11.7. The third-order valence-corrected chi connectivity index (χ3v) is 4.84. The van der Waals surface area contributed by atoms with Crippen molar-refractivity contribution in [2.24, 2.45) is 0 Å². The molecule has 1 N–H and O–H groups in total. The lowest BCUT2D eigenvalue weighted by atomic mass is 10.2. The third kappa shape index (κ3) is 6.19. The van der Waals surface area contributed by atoms with Crippen LogP contribution in [0.25, 0.3) is 0 Å². The number of nitrogens with zero attached hydrogens (tertiary/aromatic N) is 1. The lowest BCUT2D eigenvalue weighted by molar-refractivity contribution is -0.144. The van der Waals surface area contributed by atoms with Gasteiger partial charge in [-0.15, -0.1) is 0 Å². The van der Waals surface area contributed by atoms with E-state index in [9.17, 15) is 9.59 Å². The quantitative estimate of drug-likeness (QED) is 0.649. The Bertz CT molecular complexity index is 586. The normalized spacial score (nSPS) is 13.7. The molecule has 0 bridgehead atoms. The number of anilines is 1. The van der Waals surface area contributed by atoms with Gasteiger partial charge in [0.15, 0.2) is 6.61 Å². The number of thioether (sulfide) groups is 1. The van der Waals surface area contributed by atoms with Crippen LogP contribution >= 0.6 is 24.0 Å². The highest BCUT2D eigenvalue weighted by atomic mass is 32.2. The van der Waals surface area contributed by atoms with E-state index in [0.29, 0.717) is 5.69 Å². The topological polar surface area (TPSA) is 58.6 Å². The van der Waals surface area contributed by atoms with E-state index in [4.69, 9.17) is 17.0 Å². The minimum atomic E-state index is -0.434. The molecule has 5 nitrogen and oxygen atoms in total. The monoisotopic (exact) mass is 352 g/mol. The van der Waals surface area contributed by atoms with Crippen molar-refractivity contribution < 1.29 is 14.3 Å². The van der Waals surface area contributed by atoms with Gasteiger partial charge in [0.1, 0.15) is 4.32 Å². The largest absolute Gasteiger partial charge is 0.455 e. The maximum absolute atomic E-state index is 11.7. The van der Waals surface area contributed by atoms with Crippen LogP contribution in [0.3, 0.4) is 0 Å². The average Bonchev–Trinajstić information content (AvgIpc) is 3.05. The lowest BCUT2D eigenvalue weighted by Crippen LogP contribution is -2.25. The molecule has 2 rings (SSSR count). The number of benzene rings is 1. The fourth-order valence-corrected chi connectivity index (χ4v) is 3.27. The molecule has 1 amide bonds. The van der Waals surface area contributed by atoms with Crippen LogP contribution in [0.5, 0.6) is 0 Å². The number of carbonyl (C=O) groups excluding carboxylic acids is 2. The summed E-state index contributed by atoms with van der Waals surface area (Å²) in [4.78, 5) is 25.5. The van der Waals surface area contributed by atoms with E-state index < -0.39 is 5.97 Å². The maximum Gasteiger partial charge on any atom is 0.316 e. The predicted octanol–water partition coefficient (Wildman–Crippen LogP) is 2.59. The Morgan fingerprint density at radius 1 is 1.35 bits per heavy atom. The van der Waals surface area contributed by atoms with Crippen molar-refractivity contribution in [3.63, 3.8) is 0 Å². The molecule has 23 heavy (non-hydrogen) atoms. The first kappa shape index (κ1) is 17.7. The molecule has 7 heteroatoms. The molecule has 1 saturated heterocycles. The summed E-state index contributed by atoms with van der Waals surface area (Å²) in [7, 11) is 0. The van der Waals surface area contributed by atoms with Crippen LogP contribution in [-0.2, 0) is 14.3 Å². The number of aryl methyl sites for hydroxylation is 1. The van der Waals surface area contributed by atoms with Crippen LogP contribution in [-0.4, -0.2) is 46.5 Å². The number of rotatable bonds is 5.